The van der Waals surface area contributed by atoms with E-state index in [1.165, 1.54) is 15.8 Å². The SMILES string of the molecule is COc1ccc2nccc(N3CCN(CC4CN(n5c(=O)ccc6ccccc65)C(=O)O4)CC3)c2n1. The second kappa shape index (κ2) is 9.12. The van der Waals surface area contributed by atoms with Crippen LogP contribution in [0.3, 0.4) is 0 Å². The summed E-state index contributed by atoms with van der Waals surface area (Å²) in [5.41, 5.74) is 3.12. The first kappa shape index (κ1) is 22.3. The Balaban J connectivity index is 1.14. The van der Waals surface area contributed by atoms with Gasteiger partial charge in [-0.2, -0.15) is 0 Å². The van der Waals surface area contributed by atoms with Crippen molar-refractivity contribution < 1.29 is 14.3 Å². The number of pyridine rings is 3. The van der Waals surface area contributed by atoms with Crippen molar-refractivity contribution in [2.45, 2.75) is 6.10 Å². The van der Waals surface area contributed by atoms with E-state index in [1.54, 1.807) is 19.4 Å². The average molecular weight is 487 g/mol. The number of para-hydroxylation sites is 1. The highest BCUT2D eigenvalue weighted by molar-refractivity contribution is 5.88. The van der Waals surface area contributed by atoms with Gasteiger partial charge in [0.05, 0.1) is 30.4 Å². The van der Waals surface area contributed by atoms with Gasteiger partial charge in [0.1, 0.15) is 11.6 Å². The summed E-state index contributed by atoms with van der Waals surface area (Å²) >= 11 is 0. The van der Waals surface area contributed by atoms with Crippen LogP contribution in [0.5, 0.6) is 5.88 Å². The Morgan fingerprint density at radius 1 is 1.00 bits per heavy atom. The van der Waals surface area contributed by atoms with Gasteiger partial charge in [-0.15, -0.1) is 0 Å². The van der Waals surface area contributed by atoms with Gasteiger partial charge in [-0.25, -0.2) is 19.5 Å². The predicted octanol–water partition coefficient (Wildman–Crippen LogP) is 2.23. The lowest BCUT2D eigenvalue weighted by Gasteiger charge is -2.36. The number of hydrogen-bond acceptors (Lipinski definition) is 8. The smallest absolute Gasteiger partial charge is 0.429 e. The number of benzene rings is 1. The molecule has 2 aliphatic rings. The maximum Gasteiger partial charge on any atom is 0.429 e. The molecule has 1 aromatic carbocycles. The van der Waals surface area contributed by atoms with E-state index in [-0.39, 0.29) is 11.7 Å². The van der Waals surface area contributed by atoms with Gasteiger partial charge in [0.15, 0.2) is 0 Å². The van der Waals surface area contributed by atoms with Crippen LogP contribution < -0.4 is 20.2 Å². The lowest BCUT2D eigenvalue weighted by Crippen LogP contribution is -2.49. The first-order chi connectivity index (χ1) is 17.6. The van der Waals surface area contributed by atoms with Crippen molar-refractivity contribution in [2.75, 3.05) is 56.3 Å². The van der Waals surface area contributed by atoms with Gasteiger partial charge in [-0.05, 0) is 24.3 Å². The number of methoxy groups -OCH3 is 1. The molecule has 2 saturated heterocycles. The lowest BCUT2D eigenvalue weighted by molar-refractivity contribution is 0.106. The number of piperazine rings is 1. The second-order valence-corrected chi connectivity index (χ2v) is 8.97. The van der Waals surface area contributed by atoms with Crippen LogP contribution in [0.1, 0.15) is 0 Å². The van der Waals surface area contributed by atoms with Gasteiger partial charge in [0.2, 0.25) is 5.88 Å². The quantitative estimate of drug-likeness (QED) is 0.424. The fraction of sp³-hybridized carbons (Fsp3) is 0.308. The van der Waals surface area contributed by atoms with Crippen molar-refractivity contribution in [3.05, 3.63) is 71.1 Å². The molecule has 2 fully saturated rings. The fourth-order valence-electron chi connectivity index (χ4n) is 5.01. The third-order valence-corrected chi connectivity index (χ3v) is 6.80. The number of carbonyl (C=O) groups excluding carboxylic acids is 1. The minimum atomic E-state index is -0.500. The number of nitrogens with zero attached hydrogens (tertiary/aromatic N) is 6. The standard InChI is InChI=1S/C26H26N6O4/c1-35-23-8-7-20-25(28-23)22(10-11-27-20)30-14-12-29(13-15-30)16-19-17-31(26(34)36-19)32-21-5-3-2-4-18(21)6-9-24(32)33/h2-11,19H,12-17H2,1H3. The molecule has 1 unspecified atom stereocenters. The molecular formula is C26H26N6O4. The van der Waals surface area contributed by atoms with Gasteiger partial charge >= 0.3 is 6.09 Å². The maximum absolute atomic E-state index is 12.7. The molecule has 0 aliphatic carbocycles. The van der Waals surface area contributed by atoms with Crippen molar-refractivity contribution in [3.63, 3.8) is 0 Å². The highest BCUT2D eigenvalue weighted by atomic mass is 16.6. The molecule has 5 heterocycles. The molecule has 0 N–H and O–H groups in total. The molecule has 0 bridgehead atoms. The molecule has 0 radical (unpaired) electrons. The number of anilines is 1. The molecule has 0 saturated carbocycles. The Bertz CT molecular complexity index is 1500. The van der Waals surface area contributed by atoms with Crippen LogP contribution in [0.15, 0.2) is 65.6 Å². The minimum absolute atomic E-state index is 0.255. The number of hydrogen-bond donors (Lipinski definition) is 0. The molecule has 10 heteroatoms. The van der Waals surface area contributed by atoms with Crippen molar-refractivity contribution in [3.8, 4) is 5.88 Å². The topological polar surface area (TPSA) is 93.0 Å². The predicted molar refractivity (Wildman–Crippen MR) is 136 cm³/mol. The molecule has 184 valence electrons. The zero-order chi connectivity index (χ0) is 24.6. The monoisotopic (exact) mass is 486 g/mol. The van der Waals surface area contributed by atoms with E-state index >= 15 is 0 Å². The molecule has 2 aliphatic heterocycles. The largest absolute Gasteiger partial charge is 0.481 e. The van der Waals surface area contributed by atoms with Crippen LogP contribution in [0.2, 0.25) is 0 Å². The summed E-state index contributed by atoms with van der Waals surface area (Å²) in [5.74, 6) is 0.563. The number of carbonyl (C=O) groups is 1. The van der Waals surface area contributed by atoms with Crippen molar-refractivity contribution >= 4 is 33.7 Å². The van der Waals surface area contributed by atoms with E-state index in [4.69, 9.17) is 9.47 Å². The molecule has 1 amide bonds. The number of ether oxygens (including phenoxy) is 2. The van der Waals surface area contributed by atoms with Gasteiger partial charge in [-0.1, -0.05) is 18.2 Å². The van der Waals surface area contributed by atoms with Crippen LogP contribution in [0, 0.1) is 0 Å². The first-order valence-electron chi connectivity index (χ1n) is 12.0. The summed E-state index contributed by atoms with van der Waals surface area (Å²) in [6.45, 7) is 4.19. The first-order valence-corrected chi connectivity index (χ1v) is 12.0. The van der Waals surface area contributed by atoms with Gasteiger partial charge < -0.3 is 14.4 Å². The number of amides is 1. The Kier molecular flexibility index (Phi) is 5.65. The molecule has 36 heavy (non-hydrogen) atoms. The molecule has 10 nitrogen and oxygen atoms in total. The highest BCUT2D eigenvalue weighted by Gasteiger charge is 2.35. The number of fused-ring (bicyclic) bond motifs is 2. The summed E-state index contributed by atoms with van der Waals surface area (Å²) in [6.07, 6.45) is 0.989. The highest BCUT2D eigenvalue weighted by Crippen LogP contribution is 2.27. The Labute approximate surface area is 207 Å². The summed E-state index contributed by atoms with van der Waals surface area (Å²) in [7, 11) is 1.61. The maximum atomic E-state index is 12.7. The normalized spacial score (nSPS) is 18.7. The zero-order valence-electron chi connectivity index (χ0n) is 19.9. The number of cyclic esters (lactones) is 1. The summed E-state index contributed by atoms with van der Waals surface area (Å²) < 4.78 is 12.4. The van der Waals surface area contributed by atoms with Gasteiger partial charge in [-0.3, -0.25) is 14.7 Å². The van der Waals surface area contributed by atoms with Crippen LogP contribution in [-0.4, -0.2) is 78.1 Å². The van der Waals surface area contributed by atoms with Crippen molar-refractivity contribution in [2.24, 2.45) is 0 Å². The Morgan fingerprint density at radius 3 is 2.67 bits per heavy atom. The van der Waals surface area contributed by atoms with E-state index in [9.17, 15) is 9.59 Å². The molecule has 4 aromatic rings. The molecule has 3 aromatic heterocycles. The van der Waals surface area contributed by atoms with Crippen molar-refractivity contribution in [1.82, 2.24) is 19.5 Å². The fourth-order valence-corrected chi connectivity index (χ4v) is 5.01. The van der Waals surface area contributed by atoms with Gasteiger partial charge in [0, 0.05) is 56.4 Å². The third kappa shape index (κ3) is 3.99. The Morgan fingerprint density at radius 2 is 1.83 bits per heavy atom. The molecule has 6 rings (SSSR count). The van der Waals surface area contributed by atoms with E-state index < -0.39 is 6.09 Å². The van der Waals surface area contributed by atoms with E-state index in [0.29, 0.717) is 24.5 Å². The van der Waals surface area contributed by atoms with Crippen LogP contribution in [0.4, 0.5) is 10.5 Å². The van der Waals surface area contributed by atoms with Crippen LogP contribution in [-0.2, 0) is 4.74 Å². The van der Waals surface area contributed by atoms with E-state index in [1.807, 2.05) is 42.5 Å². The van der Waals surface area contributed by atoms with Crippen LogP contribution >= 0.6 is 0 Å². The minimum Gasteiger partial charge on any atom is -0.481 e. The molecular weight excluding hydrogens is 460 g/mol. The van der Waals surface area contributed by atoms with E-state index in [0.717, 1.165) is 48.3 Å². The number of rotatable bonds is 5. The summed E-state index contributed by atoms with van der Waals surface area (Å²) in [5, 5.41) is 2.30. The second-order valence-electron chi connectivity index (χ2n) is 8.97. The zero-order valence-corrected chi connectivity index (χ0v) is 19.9. The summed E-state index contributed by atoms with van der Waals surface area (Å²) in [4.78, 5) is 39.0. The Hall–Kier alpha value is -4.18. The summed E-state index contributed by atoms with van der Waals surface area (Å²) in [6, 6.07) is 16.5. The molecule has 1 atom stereocenters. The molecule has 0 spiro atoms. The van der Waals surface area contributed by atoms with Crippen molar-refractivity contribution in [1.29, 1.82) is 0 Å². The van der Waals surface area contributed by atoms with E-state index in [2.05, 4.69) is 19.8 Å². The number of aromatic nitrogens is 3. The van der Waals surface area contributed by atoms with Crippen LogP contribution in [0.25, 0.3) is 21.9 Å². The third-order valence-electron chi connectivity index (χ3n) is 6.80. The lowest BCUT2D eigenvalue weighted by atomic mass is 10.2. The average Bonchev–Trinajstić information content (AvgIpc) is 3.27. The van der Waals surface area contributed by atoms with Gasteiger partial charge in [0.25, 0.3) is 5.56 Å².